The lowest BCUT2D eigenvalue weighted by Gasteiger charge is -2.13. The average Bonchev–Trinajstić information content (AvgIpc) is 2.98. The number of halogens is 1. The van der Waals surface area contributed by atoms with Gasteiger partial charge in [-0.25, -0.2) is 4.68 Å². The first-order chi connectivity index (χ1) is 12.9. The van der Waals surface area contributed by atoms with Crippen LogP contribution in [0, 0.1) is 13.8 Å². The summed E-state index contributed by atoms with van der Waals surface area (Å²) in [6, 6.07) is 13.2. The van der Waals surface area contributed by atoms with Gasteiger partial charge < -0.3 is 11.2 Å². The van der Waals surface area contributed by atoms with Crippen LogP contribution >= 0.6 is 23.4 Å². The molecule has 0 fully saturated rings. The van der Waals surface area contributed by atoms with Crippen molar-refractivity contribution in [1.29, 1.82) is 0 Å². The summed E-state index contributed by atoms with van der Waals surface area (Å²) in [5.74, 6) is 6.45. The molecule has 1 aromatic heterocycles. The first kappa shape index (κ1) is 19.3. The van der Waals surface area contributed by atoms with Gasteiger partial charge in [0.15, 0.2) is 5.82 Å². The molecule has 3 aromatic rings. The van der Waals surface area contributed by atoms with Crippen molar-refractivity contribution in [3.63, 3.8) is 0 Å². The van der Waals surface area contributed by atoms with Crippen LogP contribution in [0.4, 0.5) is 5.69 Å². The van der Waals surface area contributed by atoms with E-state index in [1.54, 1.807) is 13.0 Å². The molecule has 0 aliphatic carbocycles. The largest absolute Gasteiger partial charge is 0.335 e. The molecule has 3 N–H and O–H groups in total. The standard InChI is InChI=1S/C19H20ClN5OS/c1-11-8-9-16(12(2)10-11)22-18(26)13(3)27-19-24-23-17(25(19)21)14-6-4-5-7-15(14)20/h4-10,13H,21H2,1-3H3,(H,22,26). The van der Waals surface area contributed by atoms with Crippen molar-refractivity contribution in [2.24, 2.45) is 0 Å². The fourth-order valence-electron chi connectivity index (χ4n) is 2.58. The lowest BCUT2D eigenvalue weighted by Crippen LogP contribution is -2.24. The fraction of sp³-hybridized carbons (Fsp3) is 0.211. The van der Waals surface area contributed by atoms with Gasteiger partial charge in [0.25, 0.3) is 0 Å². The molecule has 140 valence electrons. The van der Waals surface area contributed by atoms with Crippen LogP contribution < -0.4 is 11.2 Å². The van der Waals surface area contributed by atoms with Gasteiger partial charge in [0.05, 0.1) is 10.3 Å². The lowest BCUT2D eigenvalue weighted by atomic mass is 10.1. The third-order valence-corrected chi connectivity index (χ3v) is 5.46. The quantitative estimate of drug-likeness (QED) is 0.497. The third-order valence-electron chi connectivity index (χ3n) is 4.07. The van der Waals surface area contributed by atoms with Gasteiger partial charge in [-0.3, -0.25) is 4.79 Å². The molecule has 0 spiro atoms. The summed E-state index contributed by atoms with van der Waals surface area (Å²) in [7, 11) is 0. The number of aryl methyl sites for hydroxylation is 2. The minimum Gasteiger partial charge on any atom is -0.335 e. The van der Waals surface area contributed by atoms with E-state index in [0.717, 1.165) is 16.8 Å². The fourth-order valence-corrected chi connectivity index (χ4v) is 3.57. The van der Waals surface area contributed by atoms with Gasteiger partial charge in [-0.05, 0) is 44.5 Å². The van der Waals surface area contributed by atoms with Crippen LogP contribution in [0.3, 0.4) is 0 Å². The van der Waals surface area contributed by atoms with Crippen LogP contribution in [0.25, 0.3) is 11.4 Å². The van der Waals surface area contributed by atoms with Crippen LogP contribution in [-0.4, -0.2) is 26.0 Å². The number of hydrogen-bond acceptors (Lipinski definition) is 5. The van der Waals surface area contributed by atoms with Crippen LogP contribution in [-0.2, 0) is 4.79 Å². The lowest BCUT2D eigenvalue weighted by molar-refractivity contribution is -0.115. The summed E-state index contributed by atoms with van der Waals surface area (Å²) in [5, 5.41) is 11.7. The second kappa shape index (κ2) is 8.02. The van der Waals surface area contributed by atoms with Gasteiger partial charge in [-0.2, -0.15) is 0 Å². The predicted molar refractivity (Wildman–Crippen MR) is 110 cm³/mol. The number of anilines is 1. The molecule has 0 bridgehead atoms. The van der Waals surface area contributed by atoms with Crippen LogP contribution in [0.2, 0.25) is 5.02 Å². The molecule has 2 aromatic carbocycles. The summed E-state index contributed by atoms with van der Waals surface area (Å²) in [5.41, 5.74) is 3.65. The molecule has 1 unspecified atom stereocenters. The molecule has 0 saturated heterocycles. The Hall–Kier alpha value is -2.51. The number of nitrogen functional groups attached to an aromatic ring is 1. The molecule has 6 nitrogen and oxygen atoms in total. The smallest absolute Gasteiger partial charge is 0.237 e. The molecule has 0 aliphatic heterocycles. The Morgan fingerprint density at radius 3 is 2.67 bits per heavy atom. The maximum atomic E-state index is 12.5. The summed E-state index contributed by atoms with van der Waals surface area (Å²) in [4.78, 5) is 12.5. The van der Waals surface area contributed by atoms with E-state index in [2.05, 4.69) is 15.5 Å². The van der Waals surface area contributed by atoms with Gasteiger partial charge in [-0.15, -0.1) is 10.2 Å². The minimum atomic E-state index is -0.406. The number of thioether (sulfide) groups is 1. The summed E-state index contributed by atoms with van der Waals surface area (Å²) in [6.45, 7) is 5.78. The summed E-state index contributed by atoms with van der Waals surface area (Å²) in [6.07, 6.45) is 0. The Morgan fingerprint density at radius 1 is 1.22 bits per heavy atom. The van der Waals surface area contributed by atoms with E-state index in [0.29, 0.717) is 21.6 Å². The molecular weight excluding hydrogens is 382 g/mol. The van der Waals surface area contributed by atoms with Gasteiger partial charge in [0.2, 0.25) is 11.1 Å². The number of benzene rings is 2. The molecule has 1 heterocycles. The van der Waals surface area contributed by atoms with Crippen LogP contribution in [0.1, 0.15) is 18.1 Å². The van der Waals surface area contributed by atoms with E-state index in [9.17, 15) is 4.79 Å². The van der Waals surface area contributed by atoms with Crippen molar-refractivity contribution in [3.05, 3.63) is 58.6 Å². The summed E-state index contributed by atoms with van der Waals surface area (Å²) < 4.78 is 1.35. The van der Waals surface area contributed by atoms with Gasteiger partial charge in [-0.1, -0.05) is 53.2 Å². The highest BCUT2D eigenvalue weighted by Gasteiger charge is 2.21. The molecule has 8 heteroatoms. The van der Waals surface area contributed by atoms with Gasteiger partial charge in [0.1, 0.15) is 0 Å². The van der Waals surface area contributed by atoms with Crippen molar-refractivity contribution in [2.45, 2.75) is 31.2 Å². The van der Waals surface area contributed by atoms with Crippen molar-refractivity contribution in [3.8, 4) is 11.4 Å². The Labute approximate surface area is 167 Å². The van der Waals surface area contributed by atoms with Crippen molar-refractivity contribution in [2.75, 3.05) is 11.2 Å². The van der Waals surface area contributed by atoms with E-state index in [1.165, 1.54) is 16.4 Å². The Kier molecular flexibility index (Phi) is 5.72. The Morgan fingerprint density at radius 2 is 1.96 bits per heavy atom. The van der Waals surface area contributed by atoms with Crippen LogP contribution in [0.15, 0.2) is 47.6 Å². The van der Waals surface area contributed by atoms with Crippen molar-refractivity contribution < 1.29 is 4.79 Å². The normalized spacial score (nSPS) is 12.0. The average molecular weight is 402 g/mol. The first-order valence-electron chi connectivity index (χ1n) is 8.37. The third kappa shape index (κ3) is 4.26. The monoisotopic (exact) mass is 401 g/mol. The number of amides is 1. The van der Waals surface area contributed by atoms with E-state index in [-0.39, 0.29) is 5.91 Å². The van der Waals surface area contributed by atoms with Crippen molar-refractivity contribution >= 4 is 35.0 Å². The van der Waals surface area contributed by atoms with Gasteiger partial charge >= 0.3 is 0 Å². The van der Waals surface area contributed by atoms with Crippen LogP contribution in [0.5, 0.6) is 0 Å². The Bertz CT molecular complexity index is 988. The maximum absolute atomic E-state index is 12.5. The molecule has 3 rings (SSSR count). The zero-order valence-corrected chi connectivity index (χ0v) is 16.8. The highest BCUT2D eigenvalue weighted by atomic mass is 35.5. The minimum absolute atomic E-state index is 0.130. The predicted octanol–water partition coefficient (Wildman–Crippen LogP) is 4.05. The topological polar surface area (TPSA) is 85.8 Å². The number of carbonyl (C=O) groups excluding carboxylic acids is 1. The number of rotatable bonds is 5. The zero-order chi connectivity index (χ0) is 19.6. The van der Waals surface area contributed by atoms with Crippen molar-refractivity contribution in [1.82, 2.24) is 14.9 Å². The number of carbonyl (C=O) groups is 1. The SMILES string of the molecule is Cc1ccc(NC(=O)C(C)Sc2nnc(-c3ccccc3Cl)n2N)c(C)c1. The summed E-state index contributed by atoms with van der Waals surface area (Å²) >= 11 is 7.44. The second-order valence-corrected chi connectivity index (χ2v) is 7.94. The molecule has 0 radical (unpaired) electrons. The van der Waals surface area contributed by atoms with E-state index >= 15 is 0 Å². The van der Waals surface area contributed by atoms with E-state index < -0.39 is 5.25 Å². The number of nitrogens with zero attached hydrogens (tertiary/aromatic N) is 3. The second-order valence-electron chi connectivity index (χ2n) is 6.22. The molecule has 1 amide bonds. The number of nitrogens with one attached hydrogen (secondary N) is 1. The number of hydrogen-bond donors (Lipinski definition) is 2. The molecule has 1 atom stereocenters. The molecule has 0 aliphatic rings. The van der Waals surface area contributed by atoms with Gasteiger partial charge in [0, 0.05) is 11.3 Å². The highest BCUT2D eigenvalue weighted by molar-refractivity contribution is 8.00. The molecule has 27 heavy (non-hydrogen) atoms. The molecule has 0 saturated carbocycles. The number of nitrogens with two attached hydrogens (primary N) is 1. The van der Waals surface area contributed by atoms with E-state index in [1.807, 2.05) is 50.2 Å². The molecular formula is C19H20ClN5OS. The van der Waals surface area contributed by atoms with E-state index in [4.69, 9.17) is 17.4 Å². The zero-order valence-electron chi connectivity index (χ0n) is 15.2. The Balaban J connectivity index is 1.73. The number of aromatic nitrogens is 3. The maximum Gasteiger partial charge on any atom is 0.237 e. The first-order valence-corrected chi connectivity index (χ1v) is 9.62. The highest BCUT2D eigenvalue weighted by Crippen LogP contribution is 2.29.